The van der Waals surface area contributed by atoms with Crippen LogP contribution in [-0.4, -0.2) is 7.11 Å². The molecule has 0 bridgehead atoms. The van der Waals surface area contributed by atoms with Gasteiger partial charge >= 0.3 is 0 Å². The number of hydrogen-bond acceptors (Lipinski definition) is 2. The van der Waals surface area contributed by atoms with E-state index in [0.29, 0.717) is 5.02 Å². The molecule has 0 atom stereocenters. The van der Waals surface area contributed by atoms with E-state index in [1.54, 1.807) is 13.2 Å². The third-order valence-electron chi connectivity index (χ3n) is 1.90. The van der Waals surface area contributed by atoms with Gasteiger partial charge in [0.15, 0.2) is 5.58 Å². The Morgan fingerprint density at radius 2 is 2.08 bits per heavy atom. The van der Waals surface area contributed by atoms with Crippen molar-refractivity contribution in [1.82, 2.24) is 0 Å². The summed E-state index contributed by atoms with van der Waals surface area (Å²) in [5.74, 6) is 1.60. The lowest BCUT2D eigenvalue weighted by atomic mass is 10.2. The van der Waals surface area contributed by atoms with Crippen LogP contribution >= 0.6 is 11.6 Å². The van der Waals surface area contributed by atoms with E-state index < -0.39 is 0 Å². The Labute approximate surface area is 81.1 Å². The molecule has 0 unspecified atom stereocenters. The highest BCUT2D eigenvalue weighted by Gasteiger charge is 2.06. The molecule has 13 heavy (non-hydrogen) atoms. The van der Waals surface area contributed by atoms with Gasteiger partial charge in [0.2, 0.25) is 0 Å². The van der Waals surface area contributed by atoms with E-state index in [2.05, 4.69) is 0 Å². The van der Waals surface area contributed by atoms with E-state index in [1.807, 2.05) is 19.1 Å². The van der Waals surface area contributed by atoms with Crippen LogP contribution in [0.4, 0.5) is 0 Å². The number of hydrogen-bond donors (Lipinski definition) is 0. The molecule has 1 aromatic carbocycles. The van der Waals surface area contributed by atoms with Gasteiger partial charge in [0.25, 0.3) is 0 Å². The first-order chi connectivity index (χ1) is 6.20. The van der Waals surface area contributed by atoms with Crippen LogP contribution in [-0.2, 0) is 0 Å². The van der Waals surface area contributed by atoms with Gasteiger partial charge in [-0.2, -0.15) is 0 Å². The maximum absolute atomic E-state index is 5.98. The number of fused-ring (bicyclic) bond motifs is 1. The molecule has 0 saturated heterocycles. The number of methoxy groups -OCH3 is 1. The highest BCUT2D eigenvalue weighted by molar-refractivity contribution is 6.35. The maximum Gasteiger partial charge on any atom is 0.153 e. The SMILES string of the molecule is COc1cc(Cl)c2oc(C)cc2c1. The van der Waals surface area contributed by atoms with Crippen molar-refractivity contribution < 1.29 is 9.15 Å². The molecule has 2 rings (SSSR count). The topological polar surface area (TPSA) is 22.4 Å². The van der Waals surface area contributed by atoms with Gasteiger partial charge < -0.3 is 9.15 Å². The van der Waals surface area contributed by atoms with Gasteiger partial charge in [-0.1, -0.05) is 11.6 Å². The van der Waals surface area contributed by atoms with Gasteiger partial charge in [-0.05, 0) is 19.1 Å². The third-order valence-corrected chi connectivity index (χ3v) is 2.18. The van der Waals surface area contributed by atoms with Crippen LogP contribution in [0.25, 0.3) is 11.0 Å². The average molecular weight is 197 g/mol. The summed E-state index contributed by atoms with van der Waals surface area (Å²) in [5, 5.41) is 1.56. The molecular weight excluding hydrogens is 188 g/mol. The first kappa shape index (κ1) is 8.45. The zero-order valence-electron chi connectivity index (χ0n) is 7.43. The molecule has 0 amide bonds. The highest BCUT2D eigenvalue weighted by atomic mass is 35.5. The normalized spacial score (nSPS) is 10.7. The Hall–Kier alpha value is -1.15. The minimum absolute atomic E-state index is 0.586. The molecule has 68 valence electrons. The van der Waals surface area contributed by atoms with E-state index >= 15 is 0 Å². The average Bonchev–Trinajstić information content (AvgIpc) is 2.46. The van der Waals surface area contributed by atoms with Crippen molar-refractivity contribution in [3.63, 3.8) is 0 Å². The summed E-state index contributed by atoms with van der Waals surface area (Å²) in [6.45, 7) is 1.89. The van der Waals surface area contributed by atoms with Gasteiger partial charge in [-0.3, -0.25) is 0 Å². The van der Waals surface area contributed by atoms with Gasteiger partial charge in [-0.25, -0.2) is 0 Å². The molecule has 2 nitrogen and oxygen atoms in total. The molecule has 0 saturated carbocycles. The molecule has 0 spiro atoms. The van der Waals surface area contributed by atoms with Crippen LogP contribution in [0, 0.1) is 6.92 Å². The summed E-state index contributed by atoms with van der Waals surface area (Å²) in [6.07, 6.45) is 0. The standard InChI is InChI=1S/C10H9ClO2/c1-6-3-7-4-8(12-2)5-9(11)10(7)13-6/h3-5H,1-2H3. The van der Waals surface area contributed by atoms with Crippen LogP contribution in [0.1, 0.15) is 5.76 Å². The van der Waals surface area contributed by atoms with E-state index in [0.717, 1.165) is 22.5 Å². The van der Waals surface area contributed by atoms with E-state index in [4.69, 9.17) is 20.8 Å². The fourth-order valence-electron chi connectivity index (χ4n) is 1.33. The molecule has 1 aromatic heterocycles. The molecule has 0 fully saturated rings. The molecule has 0 radical (unpaired) electrons. The summed E-state index contributed by atoms with van der Waals surface area (Å²) >= 11 is 5.98. The summed E-state index contributed by atoms with van der Waals surface area (Å²) in [4.78, 5) is 0. The fourth-order valence-corrected chi connectivity index (χ4v) is 1.59. The number of halogens is 1. The summed E-state index contributed by atoms with van der Waals surface area (Å²) in [6, 6.07) is 5.58. The number of rotatable bonds is 1. The number of aryl methyl sites for hydroxylation is 1. The Bertz CT molecular complexity index is 445. The number of furan rings is 1. The summed E-state index contributed by atoms with van der Waals surface area (Å²) in [5.41, 5.74) is 0.722. The quantitative estimate of drug-likeness (QED) is 0.698. The predicted molar refractivity (Wildman–Crippen MR) is 52.5 cm³/mol. The van der Waals surface area contributed by atoms with Crippen molar-refractivity contribution in [3.05, 3.63) is 29.0 Å². The molecule has 3 heteroatoms. The second-order valence-electron chi connectivity index (χ2n) is 2.88. The van der Waals surface area contributed by atoms with Gasteiger partial charge in [0, 0.05) is 11.5 Å². The van der Waals surface area contributed by atoms with E-state index in [-0.39, 0.29) is 0 Å². The van der Waals surface area contributed by atoms with Crippen molar-refractivity contribution in [2.45, 2.75) is 6.92 Å². The van der Waals surface area contributed by atoms with Crippen LogP contribution in [0.15, 0.2) is 22.6 Å². The Kier molecular flexibility index (Phi) is 1.93. The molecule has 0 aliphatic rings. The zero-order chi connectivity index (χ0) is 9.42. The number of benzene rings is 1. The second kappa shape index (κ2) is 2.96. The number of ether oxygens (including phenoxy) is 1. The second-order valence-corrected chi connectivity index (χ2v) is 3.29. The lowest BCUT2D eigenvalue weighted by molar-refractivity contribution is 0.415. The van der Waals surface area contributed by atoms with E-state index in [9.17, 15) is 0 Å². The molecule has 1 heterocycles. The molecule has 0 aliphatic heterocycles. The molecule has 2 aromatic rings. The Morgan fingerprint density at radius 3 is 2.77 bits per heavy atom. The minimum Gasteiger partial charge on any atom is -0.497 e. The monoisotopic (exact) mass is 196 g/mol. The highest BCUT2D eigenvalue weighted by Crippen LogP contribution is 2.31. The smallest absolute Gasteiger partial charge is 0.153 e. The summed E-state index contributed by atoms with van der Waals surface area (Å²) in [7, 11) is 1.62. The predicted octanol–water partition coefficient (Wildman–Crippen LogP) is 3.40. The fraction of sp³-hybridized carbons (Fsp3) is 0.200. The lowest BCUT2D eigenvalue weighted by Gasteiger charge is -1.99. The first-order valence-electron chi connectivity index (χ1n) is 3.94. The third kappa shape index (κ3) is 1.38. The molecule has 0 N–H and O–H groups in total. The van der Waals surface area contributed by atoms with Crippen LogP contribution < -0.4 is 4.74 Å². The Balaban J connectivity index is 2.75. The van der Waals surface area contributed by atoms with Crippen molar-refractivity contribution >= 4 is 22.6 Å². The van der Waals surface area contributed by atoms with Crippen molar-refractivity contribution in [1.29, 1.82) is 0 Å². The van der Waals surface area contributed by atoms with Crippen LogP contribution in [0.5, 0.6) is 5.75 Å². The first-order valence-corrected chi connectivity index (χ1v) is 4.32. The van der Waals surface area contributed by atoms with E-state index in [1.165, 1.54) is 0 Å². The van der Waals surface area contributed by atoms with Crippen LogP contribution in [0.3, 0.4) is 0 Å². The molecular formula is C10H9ClO2. The van der Waals surface area contributed by atoms with Crippen molar-refractivity contribution in [2.75, 3.05) is 7.11 Å². The lowest BCUT2D eigenvalue weighted by Crippen LogP contribution is -1.81. The van der Waals surface area contributed by atoms with Crippen LogP contribution in [0.2, 0.25) is 5.02 Å². The zero-order valence-corrected chi connectivity index (χ0v) is 8.18. The maximum atomic E-state index is 5.98. The van der Waals surface area contributed by atoms with Gasteiger partial charge in [0.1, 0.15) is 11.5 Å². The summed E-state index contributed by atoms with van der Waals surface area (Å²) < 4.78 is 10.5. The van der Waals surface area contributed by atoms with Crippen molar-refractivity contribution in [2.24, 2.45) is 0 Å². The largest absolute Gasteiger partial charge is 0.497 e. The van der Waals surface area contributed by atoms with Gasteiger partial charge in [0.05, 0.1) is 12.1 Å². The molecule has 0 aliphatic carbocycles. The van der Waals surface area contributed by atoms with Crippen molar-refractivity contribution in [3.8, 4) is 5.75 Å². The Morgan fingerprint density at radius 1 is 1.31 bits per heavy atom. The van der Waals surface area contributed by atoms with Gasteiger partial charge in [-0.15, -0.1) is 0 Å². The minimum atomic E-state index is 0.586.